The molecular formula is C8H17F2N. The highest BCUT2D eigenvalue weighted by molar-refractivity contribution is 4.77. The van der Waals surface area contributed by atoms with Gasteiger partial charge in [0, 0.05) is 13.0 Å². The van der Waals surface area contributed by atoms with Crippen LogP contribution in [0.2, 0.25) is 0 Å². The van der Waals surface area contributed by atoms with Crippen molar-refractivity contribution in [3.8, 4) is 0 Å². The quantitative estimate of drug-likeness (QED) is 0.580. The van der Waals surface area contributed by atoms with Crippen LogP contribution < -0.4 is 5.32 Å². The van der Waals surface area contributed by atoms with Crippen molar-refractivity contribution in [1.82, 2.24) is 5.32 Å². The molecule has 1 rings (SSSR count). The highest BCUT2D eigenvalue weighted by atomic mass is 19.3. The van der Waals surface area contributed by atoms with Gasteiger partial charge in [-0.2, -0.15) is 0 Å². The third-order valence-corrected chi connectivity index (χ3v) is 1.05. The molecule has 0 aromatic carbocycles. The highest BCUT2D eigenvalue weighted by Gasteiger charge is 2.32. The number of alkyl halides is 2. The molecule has 0 radical (unpaired) electrons. The molecule has 3 heteroatoms. The summed E-state index contributed by atoms with van der Waals surface area (Å²) >= 11 is 0. The van der Waals surface area contributed by atoms with Crippen molar-refractivity contribution >= 4 is 0 Å². The number of hydrogen-bond donors (Lipinski definition) is 1. The fraction of sp³-hybridized carbons (Fsp3) is 1.00. The predicted octanol–water partition coefficient (Wildman–Crippen LogP) is 2.28. The van der Waals surface area contributed by atoms with Gasteiger partial charge in [-0.3, -0.25) is 0 Å². The minimum Gasteiger partial charge on any atom is -0.311 e. The Morgan fingerprint density at radius 3 is 1.82 bits per heavy atom. The molecule has 0 unspecified atom stereocenters. The van der Waals surface area contributed by atoms with Crippen LogP contribution in [0, 0.1) is 5.92 Å². The van der Waals surface area contributed by atoms with Crippen molar-refractivity contribution in [3.63, 3.8) is 0 Å². The van der Waals surface area contributed by atoms with Crippen LogP contribution >= 0.6 is 0 Å². The van der Waals surface area contributed by atoms with Crippen molar-refractivity contribution < 1.29 is 8.78 Å². The van der Waals surface area contributed by atoms with E-state index in [0.717, 1.165) is 5.92 Å². The number of nitrogens with one attached hydrogen (secondary N) is 1. The molecule has 0 bridgehead atoms. The molecule has 1 nitrogen and oxygen atoms in total. The molecule has 0 aliphatic carbocycles. The zero-order valence-electron chi connectivity index (χ0n) is 7.45. The molecule has 1 fully saturated rings. The molecule has 11 heavy (non-hydrogen) atoms. The lowest BCUT2D eigenvalue weighted by Crippen LogP contribution is -2.18. The van der Waals surface area contributed by atoms with E-state index in [1.54, 1.807) is 0 Å². The minimum atomic E-state index is -2.42. The van der Waals surface area contributed by atoms with Gasteiger partial charge in [0.05, 0.1) is 6.54 Å². The Bertz CT molecular complexity index is 91.5. The van der Waals surface area contributed by atoms with Gasteiger partial charge in [-0.25, -0.2) is 8.78 Å². The van der Waals surface area contributed by atoms with Crippen molar-refractivity contribution in [1.29, 1.82) is 0 Å². The molecule has 0 aromatic heterocycles. The van der Waals surface area contributed by atoms with E-state index >= 15 is 0 Å². The van der Waals surface area contributed by atoms with Crippen molar-refractivity contribution in [2.75, 3.05) is 13.1 Å². The summed E-state index contributed by atoms with van der Waals surface area (Å²) in [5.74, 6) is -1.58. The molecule has 0 atom stereocenters. The Balaban J connectivity index is 0.000000218. The summed E-state index contributed by atoms with van der Waals surface area (Å²) in [6.45, 7) is 6.83. The van der Waals surface area contributed by atoms with E-state index in [2.05, 4.69) is 26.1 Å². The smallest absolute Gasteiger partial charge is 0.261 e. The summed E-state index contributed by atoms with van der Waals surface area (Å²) in [4.78, 5) is 0. The molecule has 0 amide bonds. The third-order valence-electron chi connectivity index (χ3n) is 1.05. The zero-order valence-corrected chi connectivity index (χ0v) is 7.45. The molecule has 0 aromatic rings. The van der Waals surface area contributed by atoms with Crippen LogP contribution in [-0.2, 0) is 0 Å². The molecule has 0 spiro atoms. The van der Waals surface area contributed by atoms with Crippen LogP contribution in [0.25, 0.3) is 0 Å². The molecule has 1 saturated heterocycles. The Morgan fingerprint density at radius 1 is 1.27 bits per heavy atom. The maximum atomic E-state index is 11.9. The van der Waals surface area contributed by atoms with E-state index in [0.29, 0.717) is 6.54 Å². The van der Waals surface area contributed by atoms with Crippen molar-refractivity contribution in [2.24, 2.45) is 5.92 Å². The van der Waals surface area contributed by atoms with Gasteiger partial charge >= 0.3 is 0 Å². The normalized spacial score (nSPS) is 21.3. The number of rotatable bonds is 0. The Labute approximate surface area is 67.2 Å². The average Bonchev–Trinajstić information content (AvgIpc) is 2.11. The second kappa shape index (κ2) is 4.65. The standard InChI is InChI=1S/C4H7F2N.C4H10/c5-4(6)1-2-7-3-4;1-4(2)3/h7H,1-3H2;4H,1-3H3. The molecule has 1 aliphatic heterocycles. The van der Waals surface area contributed by atoms with Gasteiger partial charge in [-0.15, -0.1) is 0 Å². The zero-order chi connectivity index (χ0) is 8.91. The summed E-state index contributed by atoms with van der Waals surface area (Å²) in [6, 6.07) is 0. The first-order chi connectivity index (χ1) is 4.94. The maximum absolute atomic E-state index is 11.9. The topological polar surface area (TPSA) is 12.0 Å². The second-order valence-corrected chi connectivity index (χ2v) is 3.51. The minimum absolute atomic E-state index is 0.00694. The first-order valence-electron chi connectivity index (χ1n) is 4.02. The highest BCUT2D eigenvalue weighted by Crippen LogP contribution is 2.19. The van der Waals surface area contributed by atoms with E-state index in [-0.39, 0.29) is 13.0 Å². The van der Waals surface area contributed by atoms with E-state index in [4.69, 9.17) is 0 Å². The van der Waals surface area contributed by atoms with Gasteiger partial charge in [0.25, 0.3) is 5.92 Å². The van der Waals surface area contributed by atoms with Gasteiger partial charge < -0.3 is 5.32 Å². The van der Waals surface area contributed by atoms with Crippen LogP contribution in [0.4, 0.5) is 8.78 Å². The summed E-state index contributed by atoms with van der Waals surface area (Å²) in [5.41, 5.74) is 0. The molecule has 1 N–H and O–H groups in total. The Hall–Kier alpha value is -0.180. The second-order valence-electron chi connectivity index (χ2n) is 3.51. The number of hydrogen-bond acceptors (Lipinski definition) is 1. The van der Waals surface area contributed by atoms with Gasteiger partial charge in [0.1, 0.15) is 0 Å². The van der Waals surface area contributed by atoms with E-state index in [1.165, 1.54) is 0 Å². The van der Waals surface area contributed by atoms with Crippen LogP contribution in [0.1, 0.15) is 27.2 Å². The van der Waals surface area contributed by atoms with Crippen LogP contribution in [0.3, 0.4) is 0 Å². The van der Waals surface area contributed by atoms with Gasteiger partial charge in [0.15, 0.2) is 0 Å². The summed E-state index contributed by atoms with van der Waals surface area (Å²) in [7, 11) is 0. The first-order valence-corrected chi connectivity index (χ1v) is 4.02. The Kier molecular flexibility index (Phi) is 4.57. The molecule has 0 saturated carbocycles. The lowest BCUT2D eigenvalue weighted by molar-refractivity contribution is 0.0238. The van der Waals surface area contributed by atoms with Gasteiger partial charge in [-0.05, 0) is 5.92 Å². The van der Waals surface area contributed by atoms with Crippen molar-refractivity contribution in [2.45, 2.75) is 33.1 Å². The van der Waals surface area contributed by atoms with Crippen molar-refractivity contribution in [3.05, 3.63) is 0 Å². The lowest BCUT2D eigenvalue weighted by Gasteiger charge is -2.02. The monoisotopic (exact) mass is 165 g/mol. The largest absolute Gasteiger partial charge is 0.311 e. The molecule has 68 valence electrons. The SMILES string of the molecule is CC(C)C.FC1(F)CCNC1. The average molecular weight is 165 g/mol. The maximum Gasteiger partial charge on any atom is 0.261 e. The Morgan fingerprint density at radius 2 is 1.73 bits per heavy atom. The van der Waals surface area contributed by atoms with Gasteiger partial charge in [0.2, 0.25) is 0 Å². The van der Waals surface area contributed by atoms with Crippen LogP contribution in [0.5, 0.6) is 0 Å². The van der Waals surface area contributed by atoms with Crippen LogP contribution in [-0.4, -0.2) is 19.0 Å². The van der Waals surface area contributed by atoms with E-state index in [1.807, 2.05) is 0 Å². The lowest BCUT2D eigenvalue weighted by atomic mass is 10.3. The summed E-state index contributed by atoms with van der Waals surface area (Å²) in [5, 5.41) is 2.56. The first kappa shape index (κ1) is 10.8. The predicted molar refractivity (Wildman–Crippen MR) is 42.9 cm³/mol. The molecular weight excluding hydrogens is 148 g/mol. The molecule has 1 heterocycles. The third kappa shape index (κ3) is 7.72. The summed E-state index contributed by atoms with van der Waals surface area (Å²) < 4.78 is 23.8. The van der Waals surface area contributed by atoms with Crippen LogP contribution in [0.15, 0.2) is 0 Å². The van der Waals surface area contributed by atoms with E-state index in [9.17, 15) is 8.78 Å². The molecule has 1 aliphatic rings. The van der Waals surface area contributed by atoms with Gasteiger partial charge in [-0.1, -0.05) is 20.8 Å². The fourth-order valence-corrected chi connectivity index (χ4v) is 0.631. The fourth-order valence-electron chi connectivity index (χ4n) is 0.631. The van der Waals surface area contributed by atoms with E-state index < -0.39 is 5.92 Å². The summed E-state index contributed by atoms with van der Waals surface area (Å²) in [6.07, 6.45) is 0.00694. The number of halogens is 2.